The lowest BCUT2D eigenvalue weighted by Gasteiger charge is -2.07. The van der Waals surface area contributed by atoms with E-state index in [1.165, 1.54) is 16.8 Å². The van der Waals surface area contributed by atoms with E-state index in [0.717, 1.165) is 24.4 Å². The van der Waals surface area contributed by atoms with Crippen molar-refractivity contribution in [2.45, 2.75) is 5.03 Å². The number of nitrogens with one attached hydrogen (secondary N) is 1. The molecule has 0 unspecified atom stereocenters. The van der Waals surface area contributed by atoms with E-state index in [1.54, 1.807) is 0 Å². The summed E-state index contributed by atoms with van der Waals surface area (Å²) in [5.74, 6) is -1.99. The highest BCUT2D eigenvalue weighted by Gasteiger charge is 2.22. The Morgan fingerprint density at radius 1 is 1.18 bits per heavy atom. The number of anilines is 1. The highest BCUT2D eigenvalue weighted by molar-refractivity contribution is 7.92. The van der Waals surface area contributed by atoms with E-state index in [-0.39, 0.29) is 10.8 Å². The summed E-state index contributed by atoms with van der Waals surface area (Å²) in [5, 5.41) is -0.160. The molecule has 2 aromatic heterocycles. The maximum atomic E-state index is 13.5. The Bertz CT molecular complexity index is 954. The van der Waals surface area contributed by atoms with Crippen molar-refractivity contribution in [2.24, 2.45) is 0 Å². The third-order valence-electron chi connectivity index (χ3n) is 2.73. The highest BCUT2D eigenvalue weighted by atomic mass is 35.5. The van der Waals surface area contributed by atoms with Crippen molar-refractivity contribution < 1.29 is 17.2 Å². The topological polar surface area (TPSA) is 76.4 Å². The van der Waals surface area contributed by atoms with Crippen molar-refractivity contribution in [3.8, 4) is 0 Å². The first-order valence-corrected chi connectivity index (χ1v) is 7.70. The smallest absolute Gasteiger partial charge is 0.281 e. The van der Waals surface area contributed by atoms with Crippen LogP contribution in [0.5, 0.6) is 0 Å². The van der Waals surface area contributed by atoms with Crippen molar-refractivity contribution >= 4 is 33.1 Å². The van der Waals surface area contributed by atoms with E-state index in [4.69, 9.17) is 11.6 Å². The molecule has 3 aromatic rings. The maximum absolute atomic E-state index is 13.5. The van der Waals surface area contributed by atoms with Crippen LogP contribution in [0.2, 0.25) is 5.02 Å². The normalized spacial score (nSPS) is 11.8. The van der Waals surface area contributed by atoms with Crippen molar-refractivity contribution in [1.82, 2.24) is 14.4 Å². The number of nitrogens with zero attached hydrogens (tertiary/aromatic N) is 3. The van der Waals surface area contributed by atoms with Gasteiger partial charge in [0.1, 0.15) is 17.3 Å². The van der Waals surface area contributed by atoms with Crippen LogP contribution in [0, 0.1) is 11.6 Å². The fourth-order valence-corrected chi connectivity index (χ4v) is 2.93. The van der Waals surface area contributed by atoms with Gasteiger partial charge < -0.3 is 0 Å². The highest BCUT2D eigenvalue weighted by Crippen LogP contribution is 2.22. The first-order valence-electron chi connectivity index (χ1n) is 5.84. The number of rotatable bonds is 3. The maximum Gasteiger partial charge on any atom is 0.281 e. The number of aromatic nitrogens is 3. The van der Waals surface area contributed by atoms with Gasteiger partial charge in [-0.05, 0) is 12.1 Å². The van der Waals surface area contributed by atoms with E-state index in [9.17, 15) is 17.2 Å². The van der Waals surface area contributed by atoms with Crippen LogP contribution in [0.25, 0.3) is 5.78 Å². The third-order valence-corrected chi connectivity index (χ3v) is 4.15. The second-order valence-corrected chi connectivity index (χ2v) is 6.33. The molecule has 0 fully saturated rings. The van der Waals surface area contributed by atoms with Crippen LogP contribution in [-0.4, -0.2) is 22.8 Å². The first-order chi connectivity index (χ1) is 10.4. The summed E-state index contributed by atoms with van der Waals surface area (Å²) in [7, 11) is -4.28. The van der Waals surface area contributed by atoms with Crippen LogP contribution >= 0.6 is 11.6 Å². The van der Waals surface area contributed by atoms with E-state index in [0.29, 0.717) is 0 Å². The molecule has 0 radical (unpaired) electrons. The predicted octanol–water partition coefficient (Wildman–Crippen LogP) is 2.46. The summed E-state index contributed by atoms with van der Waals surface area (Å²) in [6, 6.07) is 3.00. The molecule has 6 nitrogen and oxygen atoms in total. The lowest BCUT2D eigenvalue weighted by molar-refractivity contribution is 0.582. The Morgan fingerprint density at radius 3 is 2.55 bits per heavy atom. The molecule has 0 spiro atoms. The molecule has 0 aliphatic heterocycles. The molecule has 10 heteroatoms. The lowest BCUT2D eigenvalue weighted by Crippen LogP contribution is -2.15. The minimum Gasteiger partial charge on any atom is -0.288 e. The van der Waals surface area contributed by atoms with Crippen LogP contribution in [0.1, 0.15) is 0 Å². The van der Waals surface area contributed by atoms with Gasteiger partial charge in [-0.2, -0.15) is 13.4 Å². The fraction of sp³-hybridized carbons (Fsp3) is 0. The quantitative estimate of drug-likeness (QED) is 0.792. The van der Waals surface area contributed by atoms with Gasteiger partial charge in [-0.25, -0.2) is 13.8 Å². The van der Waals surface area contributed by atoms with E-state index in [1.807, 2.05) is 4.72 Å². The number of hydrogen-bond donors (Lipinski definition) is 1. The van der Waals surface area contributed by atoms with Crippen molar-refractivity contribution in [3.63, 3.8) is 0 Å². The number of para-hydroxylation sites is 1. The Labute approximate surface area is 128 Å². The molecule has 114 valence electrons. The van der Waals surface area contributed by atoms with Gasteiger partial charge >= 0.3 is 0 Å². The van der Waals surface area contributed by atoms with Crippen LogP contribution < -0.4 is 4.72 Å². The summed E-state index contributed by atoms with van der Waals surface area (Å²) in [6.45, 7) is 0. The molecule has 0 saturated heterocycles. The third kappa shape index (κ3) is 2.60. The molecule has 0 aliphatic carbocycles. The fourth-order valence-electron chi connectivity index (χ4n) is 1.75. The van der Waals surface area contributed by atoms with Crippen LogP contribution in [-0.2, 0) is 10.0 Å². The first kappa shape index (κ1) is 14.7. The molecule has 0 aliphatic rings. The minimum absolute atomic E-state index is 0.0822. The van der Waals surface area contributed by atoms with E-state index in [2.05, 4.69) is 9.97 Å². The number of halogens is 3. The molecule has 1 N–H and O–H groups in total. The molecular weight excluding hydrogens is 338 g/mol. The van der Waals surface area contributed by atoms with Crippen molar-refractivity contribution in [2.75, 3.05) is 4.72 Å². The molecule has 0 saturated carbocycles. The number of sulfonamides is 1. The predicted molar refractivity (Wildman–Crippen MR) is 75.2 cm³/mol. The van der Waals surface area contributed by atoms with Gasteiger partial charge in [-0.1, -0.05) is 17.7 Å². The zero-order chi connectivity index (χ0) is 15.9. The Kier molecular flexibility index (Phi) is 3.45. The Balaban J connectivity index is 2.05. The van der Waals surface area contributed by atoms with Crippen molar-refractivity contribution in [3.05, 3.63) is 53.4 Å². The van der Waals surface area contributed by atoms with Gasteiger partial charge in [0.2, 0.25) is 5.78 Å². The molecule has 0 atom stereocenters. The molecule has 2 heterocycles. The van der Waals surface area contributed by atoms with Gasteiger partial charge in [-0.3, -0.25) is 9.12 Å². The zero-order valence-corrected chi connectivity index (χ0v) is 12.2. The lowest BCUT2D eigenvalue weighted by atomic mass is 10.3. The molecular formula is C12H7ClF2N4O2S. The molecule has 22 heavy (non-hydrogen) atoms. The summed E-state index contributed by atoms with van der Waals surface area (Å²) < 4.78 is 54.5. The molecule has 0 bridgehead atoms. The van der Waals surface area contributed by atoms with Crippen LogP contribution in [0.4, 0.5) is 14.5 Å². The number of benzene rings is 1. The summed E-state index contributed by atoms with van der Waals surface area (Å²) in [4.78, 5) is 7.62. The van der Waals surface area contributed by atoms with Crippen molar-refractivity contribution in [1.29, 1.82) is 0 Å². The standard InChI is InChI=1S/C12H7ClF2N4O2S/c13-7-4-16-12-17-10(6-19(12)5-7)22(20,21)18-11-8(14)2-1-3-9(11)15/h1-6,18H. The van der Waals surface area contributed by atoms with Gasteiger partial charge in [-0.15, -0.1) is 0 Å². The minimum atomic E-state index is -4.28. The molecule has 1 aromatic carbocycles. The number of imidazole rings is 1. The number of hydrogen-bond acceptors (Lipinski definition) is 4. The average Bonchev–Trinajstić information content (AvgIpc) is 2.87. The summed E-state index contributed by atoms with van der Waals surface area (Å²) in [5.41, 5.74) is -0.773. The monoisotopic (exact) mass is 344 g/mol. The Morgan fingerprint density at radius 2 is 1.86 bits per heavy atom. The van der Waals surface area contributed by atoms with Gasteiger partial charge in [0, 0.05) is 6.20 Å². The SMILES string of the molecule is O=S(=O)(Nc1c(F)cccc1F)c1cn2cc(Cl)cnc2n1. The van der Waals surface area contributed by atoms with Crippen LogP contribution in [0.3, 0.4) is 0 Å². The largest absolute Gasteiger partial charge is 0.288 e. The van der Waals surface area contributed by atoms with Gasteiger partial charge in [0.05, 0.1) is 17.4 Å². The average molecular weight is 345 g/mol. The Hall–Kier alpha value is -2.26. The summed E-state index contributed by atoms with van der Waals surface area (Å²) >= 11 is 5.74. The molecule has 0 amide bonds. The second-order valence-electron chi connectivity index (χ2n) is 4.26. The summed E-state index contributed by atoms with van der Waals surface area (Å²) in [6.07, 6.45) is 3.83. The zero-order valence-electron chi connectivity index (χ0n) is 10.7. The van der Waals surface area contributed by atoms with E-state index >= 15 is 0 Å². The van der Waals surface area contributed by atoms with E-state index < -0.39 is 32.4 Å². The second kappa shape index (κ2) is 5.18. The molecule has 3 rings (SSSR count). The van der Waals surface area contributed by atoms with Gasteiger partial charge in [0.25, 0.3) is 10.0 Å². The van der Waals surface area contributed by atoms with Gasteiger partial charge in [0.15, 0.2) is 5.03 Å². The number of fused-ring (bicyclic) bond motifs is 1. The van der Waals surface area contributed by atoms with Crippen LogP contribution in [0.15, 0.2) is 41.8 Å².